The molecule has 0 amide bonds. The van der Waals surface area contributed by atoms with Gasteiger partial charge in [-0.2, -0.15) is 0 Å². The van der Waals surface area contributed by atoms with Gasteiger partial charge in [0.1, 0.15) is 11.2 Å². The molecule has 2 unspecified atom stereocenters. The maximum Gasteiger partial charge on any atom is 0.145 e. The molecule has 1 aliphatic heterocycles. The molecule has 17 rings (SSSR count). The SMILES string of the molecule is CC(C)(C)c1ccc(-c2ccc3c(c2)N(c2c(-c4ccccc4)cc4c(oc5ccccc54)c2-c2ccccc2)c2cc(C(C)(C)C)cc4c2C3c2cc(-c3ccccc3)ccc2C4c2c(-c3ccccc3)cc3sc4ccccc4c3c2-c2ccccc2)cc1. The van der Waals surface area contributed by atoms with E-state index in [9.17, 15) is 0 Å². The molecule has 0 radical (unpaired) electrons. The highest BCUT2D eigenvalue weighted by molar-refractivity contribution is 7.26. The predicted octanol–water partition coefficient (Wildman–Crippen LogP) is 25.0. The van der Waals surface area contributed by atoms with Gasteiger partial charge < -0.3 is 9.32 Å². The van der Waals surface area contributed by atoms with Crippen LogP contribution in [0.2, 0.25) is 0 Å². The van der Waals surface area contributed by atoms with E-state index in [-0.39, 0.29) is 22.7 Å². The van der Waals surface area contributed by atoms with Crippen molar-refractivity contribution in [3.63, 3.8) is 0 Å². The van der Waals surface area contributed by atoms with Gasteiger partial charge in [-0.15, -0.1) is 11.3 Å². The molecule has 0 saturated carbocycles. The van der Waals surface area contributed by atoms with Crippen LogP contribution in [0.1, 0.15) is 97.9 Å². The molecule has 1 aliphatic carbocycles. The standard InChI is InChI=1S/C88H67NOS/c1-87(2,3)62-44-40-55(41-45-62)61-43-47-66-73(49-61)89(85-69(57-30-16-9-17-31-57)52-71-64-36-22-24-38-75(64)90-86(71)79(85)59-34-20-11-21-35-59)74-51-63(88(4,5)6)50-72-80(65-46-42-60(54-26-12-7-13-27-54)48-70(65)81(66)82(72)74)84-68(56-28-14-8-15-29-56)53-77-83(67-37-23-25-39-76(67)91-77)78(84)58-32-18-10-19-33-58/h7-53,80-81H,1-6H3. The number of thiophene rings is 1. The molecule has 2 aromatic heterocycles. The van der Waals surface area contributed by atoms with Crippen LogP contribution in [0.3, 0.4) is 0 Å². The van der Waals surface area contributed by atoms with Gasteiger partial charge in [0.15, 0.2) is 0 Å². The van der Waals surface area contributed by atoms with E-state index < -0.39 is 0 Å². The van der Waals surface area contributed by atoms with Gasteiger partial charge in [0, 0.05) is 53.9 Å². The van der Waals surface area contributed by atoms with Gasteiger partial charge >= 0.3 is 0 Å². The minimum atomic E-state index is -0.281. The summed E-state index contributed by atoms with van der Waals surface area (Å²) < 4.78 is 9.92. The molecule has 2 atom stereocenters. The molecule has 2 aliphatic rings. The van der Waals surface area contributed by atoms with Crippen LogP contribution in [0.15, 0.2) is 290 Å². The Morgan fingerprint density at radius 2 is 0.846 bits per heavy atom. The number of hydrogen-bond donors (Lipinski definition) is 0. The highest BCUT2D eigenvalue weighted by Crippen LogP contribution is 2.64. The molecule has 436 valence electrons. The molecule has 0 bridgehead atoms. The number of fused-ring (bicyclic) bond motifs is 10. The van der Waals surface area contributed by atoms with Crippen molar-refractivity contribution in [3.05, 3.63) is 330 Å². The molecule has 0 N–H and O–H groups in total. The first-order valence-electron chi connectivity index (χ1n) is 32.0. The van der Waals surface area contributed by atoms with Crippen molar-refractivity contribution in [2.75, 3.05) is 4.90 Å². The van der Waals surface area contributed by atoms with Crippen molar-refractivity contribution in [2.24, 2.45) is 0 Å². The van der Waals surface area contributed by atoms with Gasteiger partial charge in [0.05, 0.1) is 17.1 Å². The fourth-order valence-corrected chi connectivity index (χ4v) is 16.3. The summed E-state index contributed by atoms with van der Waals surface area (Å²) in [5.74, 6) is -0.400. The Morgan fingerprint density at radius 1 is 0.330 bits per heavy atom. The first-order chi connectivity index (χ1) is 44.4. The Labute approximate surface area is 537 Å². The van der Waals surface area contributed by atoms with Gasteiger partial charge in [-0.3, -0.25) is 0 Å². The molecule has 15 aromatic rings. The van der Waals surface area contributed by atoms with Crippen molar-refractivity contribution in [1.29, 1.82) is 0 Å². The lowest BCUT2D eigenvalue weighted by molar-refractivity contribution is 0.587. The summed E-state index contributed by atoms with van der Waals surface area (Å²) in [6.07, 6.45) is 0. The predicted molar refractivity (Wildman–Crippen MR) is 386 cm³/mol. The van der Waals surface area contributed by atoms with E-state index in [1.165, 1.54) is 109 Å². The van der Waals surface area contributed by atoms with Gasteiger partial charge in [-0.1, -0.05) is 284 Å². The summed E-state index contributed by atoms with van der Waals surface area (Å²) in [6, 6.07) is 108. The third kappa shape index (κ3) is 8.96. The van der Waals surface area contributed by atoms with Crippen molar-refractivity contribution >= 4 is 70.5 Å². The molecule has 0 saturated heterocycles. The van der Waals surface area contributed by atoms with Crippen LogP contribution in [-0.2, 0) is 10.8 Å². The molecule has 13 aromatic carbocycles. The van der Waals surface area contributed by atoms with Crippen LogP contribution >= 0.6 is 11.3 Å². The van der Waals surface area contributed by atoms with Gasteiger partial charge in [0.2, 0.25) is 0 Å². The second-order valence-corrected chi connectivity index (χ2v) is 28.1. The van der Waals surface area contributed by atoms with Crippen LogP contribution in [0.4, 0.5) is 17.1 Å². The van der Waals surface area contributed by atoms with E-state index in [1.807, 2.05) is 11.3 Å². The van der Waals surface area contributed by atoms with Crippen molar-refractivity contribution in [3.8, 4) is 66.8 Å². The Morgan fingerprint density at radius 3 is 1.49 bits per heavy atom. The van der Waals surface area contributed by atoms with E-state index in [0.29, 0.717) is 0 Å². The summed E-state index contributed by atoms with van der Waals surface area (Å²) in [7, 11) is 0. The monoisotopic (exact) mass is 1190 g/mol. The Bertz CT molecular complexity index is 5340. The minimum Gasteiger partial charge on any atom is -0.455 e. The molecular formula is C88H67NOS. The molecule has 0 spiro atoms. The Kier molecular flexibility index (Phi) is 12.7. The smallest absolute Gasteiger partial charge is 0.145 e. The van der Waals surface area contributed by atoms with Gasteiger partial charge in [-0.05, 0) is 153 Å². The second kappa shape index (κ2) is 21.2. The summed E-state index contributed by atoms with van der Waals surface area (Å²) in [4.78, 5) is 2.71. The van der Waals surface area contributed by atoms with Crippen LogP contribution in [0.25, 0.3) is 109 Å². The molecular weight excluding hydrogens is 1120 g/mol. The molecule has 3 heterocycles. The van der Waals surface area contributed by atoms with E-state index in [1.54, 1.807) is 0 Å². The van der Waals surface area contributed by atoms with Crippen molar-refractivity contribution in [1.82, 2.24) is 0 Å². The fraction of sp³-hybridized carbons (Fsp3) is 0.114. The molecule has 0 fully saturated rings. The zero-order chi connectivity index (χ0) is 61.3. The van der Waals surface area contributed by atoms with Crippen molar-refractivity contribution in [2.45, 2.75) is 64.2 Å². The lowest BCUT2D eigenvalue weighted by atomic mass is 9.63. The first-order valence-corrected chi connectivity index (χ1v) is 32.9. The number of anilines is 3. The number of furan rings is 1. The van der Waals surface area contributed by atoms with Gasteiger partial charge in [-0.25, -0.2) is 0 Å². The maximum atomic E-state index is 7.34. The third-order valence-electron chi connectivity index (χ3n) is 19.5. The lowest BCUT2D eigenvalue weighted by Crippen LogP contribution is -2.30. The third-order valence-corrected chi connectivity index (χ3v) is 20.7. The van der Waals surface area contributed by atoms with Crippen LogP contribution in [0, 0.1) is 0 Å². The summed E-state index contributed by atoms with van der Waals surface area (Å²) in [5, 5.41) is 4.78. The number of para-hydroxylation sites is 1. The lowest BCUT2D eigenvalue weighted by Gasteiger charge is -2.46. The Balaban J connectivity index is 1.08. The fourth-order valence-electron chi connectivity index (χ4n) is 15.1. The van der Waals surface area contributed by atoms with E-state index in [0.717, 1.165) is 61.1 Å². The van der Waals surface area contributed by atoms with E-state index in [4.69, 9.17) is 4.42 Å². The first kappa shape index (κ1) is 54.8. The molecule has 2 nitrogen and oxygen atoms in total. The average molecular weight is 1190 g/mol. The second-order valence-electron chi connectivity index (χ2n) is 27.0. The Hall–Kier alpha value is -10.3. The number of benzene rings is 13. The summed E-state index contributed by atoms with van der Waals surface area (Å²) in [5.41, 5.74) is 29.4. The van der Waals surface area contributed by atoms with E-state index >= 15 is 0 Å². The van der Waals surface area contributed by atoms with Crippen LogP contribution in [-0.4, -0.2) is 0 Å². The highest BCUT2D eigenvalue weighted by atomic mass is 32.1. The zero-order valence-electron chi connectivity index (χ0n) is 52.1. The largest absolute Gasteiger partial charge is 0.455 e. The summed E-state index contributed by atoms with van der Waals surface area (Å²) in [6.45, 7) is 14.1. The molecule has 3 heteroatoms. The average Bonchev–Trinajstić information content (AvgIpc) is 1.23. The van der Waals surface area contributed by atoms with Crippen molar-refractivity contribution < 1.29 is 4.42 Å². The zero-order valence-corrected chi connectivity index (χ0v) is 52.9. The van der Waals surface area contributed by atoms with E-state index in [2.05, 4.69) is 332 Å². The number of nitrogens with zero attached hydrogens (tertiary/aromatic N) is 1. The number of rotatable bonds is 8. The normalized spacial score (nSPS) is 14.5. The topological polar surface area (TPSA) is 16.4 Å². The van der Waals surface area contributed by atoms with Gasteiger partial charge in [0.25, 0.3) is 0 Å². The molecule has 91 heavy (non-hydrogen) atoms. The van der Waals surface area contributed by atoms with Crippen LogP contribution in [0.5, 0.6) is 0 Å². The summed E-state index contributed by atoms with van der Waals surface area (Å²) >= 11 is 1.90. The maximum absolute atomic E-state index is 7.34. The van der Waals surface area contributed by atoms with Crippen LogP contribution < -0.4 is 4.90 Å². The highest BCUT2D eigenvalue weighted by Gasteiger charge is 2.46. The number of hydrogen-bond acceptors (Lipinski definition) is 3. The minimum absolute atomic E-state index is 0.00609. The quantitative estimate of drug-likeness (QED) is 0.151.